The fourth-order valence-corrected chi connectivity index (χ4v) is 0.833. The van der Waals surface area contributed by atoms with E-state index >= 15 is 0 Å². The third-order valence-electron chi connectivity index (χ3n) is 0.911. The number of rotatable bonds is 2. The van der Waals surface area contributed by atoms with Gasteiger partial charge in [-0.25, -0.2) is 14.2 Å². The van der Waals surface area contributed by atoms with E-state index in [1.54, 1.807) is 0 Å². The first-order chi connectivity index (χ1) is 5.20. The van der Waals surface area contributed by atoms with Crippen molar-refractivity contribution in [1.82, 2.24) is 9.97 Å². The second-order valence-electron chi connectivity index (χ2n) is 1.64. The van der Waals surface area contributed by atoms with Gasteiger partial charge in [0.1, 0.15) is 0 Å². The zero-order valence-corrected chi connectivity index (χ0v) is 6.21. The fraction of sp³-hybridized carbons (Fsp3) is 0. The lowest BCUT2D eigenvalue weighted by Crippen LogP contribution is -2.07. The summed E-state index contributed by atoms with van der Waals surface area (Å²) in [5, 5.41) is 0. The van der Waals surface area contributed by atoms with Crippen molar-refractivity contribution < 1.29 is 8.76 Å². The molecule has 0 aromatic carbocycles. The Morgan fingerprint density at radius 3 is 2.73 bits per heavy atom. The summed E-state index contributed by atoms with van der Waals surface area (Å²) in [6, 6.07) is 0. The first-order valence-electron chi connectivity index (χ1n) is 2.64. The van der Waals surface area contributed by atoms with Gasteiger partial charge in [-0.2, -0.15) is 0 Å². The van der Waals surface area contributed by atoms with Gasteiger partial charge in [0.05, 0.1) is 0 Å². The van der Waals surface area contributed by atoms with Crippen LogP contribution in [0.25, 0.3) is 0 Å². The molecule has 0 aliphatic heterocycles. The smallest absolute Gasteiger partial charge is 0.260 e. The van der Waals surface area contributed by atoms with E-state index in [1.807, 2.05) is 0 Å². The molecule has 1 aromatic rings. The minimum Gasteiger partial charge on any atom is -0.381 e. The maximum Gasteiger partial charge on any atom is 0.260 e. The predicted octanol–water partition coefficient (Wildman–Crippen LogP) is -0.393. The summed E-state index contributed by atoms with van der Waals surface area (Å²) < 4.78 is 20.7. The van der Waals surface area contributed by atoms with Crippen molar-refractivity contribution in [2.45, 2.75) is 0 Å². The van der Waals surface area contributed by atoms with Crippen LogP contribution in [0.4, 0.5) is 11.6 Å². The Morgan fingerprint density at radius 2 is 2.18 bits per heavy atom. The van der Waals surface area contributed by atoms with E-state index in [2.05, 4.69) is 14.7 Å². The van der Waals surface area contributed by atoms with Gasteiger partial charge in [-0.05, 0) is 0 Å². The molecule has 1 aromatic heterocycles. The van der Waals surface area contributed by atoms with E-state index in [0.29, 0.717) is 0 Å². The van der Waals surface area contributed by atoms with E-state index in [1.165, 1.54) is 12.4 Å². The Labute approximate surface area is 65.3 Å². The summed E-state index contributed by atoms with van der Waals surface area (Å²) in [7, 11) is 0. The lowest BCUT2D eigenvalue weighted by Gasteiger charge is -2.00. The summed E-state index contributed by atoms with van der Waals surface area (Å²) in [4.78, 5) is 7.31. The van der Waals surface area contributed by atoms with E-state index in [4.69, 9.17) is 10.3 Å². The highest BCUT2D eigenvalue weighted by Crippen LogP contribution is 2.08. The molecule has 4 N–H and O–H groups in total. The molecule has 0 saturated carbocycles. The topological polar surface area (TPSA) is 101 Å². The van der Waals surface area contributed by atoms with Gasteiger partial charge in [0.2, 0.25) is 0 Å². The summed E-state index contributed by atoms with van der Waals surface area (Å²) in [5.41, 5.74) is 5.29. The van der Waals surface area contributed by atoms with Gasteiger partial charge in [0.25, 0.3) is 11.3 Å². The average molecular weight is 174 g/mol. The summed E-state index contributed by atoms with van der Waals surface area (Å²) >= 11 is -2.16. The van der Waals surface area contributed by atoms with Crippen molar-refractivity contribution in [3.8, 4) is 0 Å². The monoisotopic (exact) mass is 174 g/mol. The van der Waals surface area contributed by atoms with Crippen LogP contribution in [-0.2, 0) is 11.3 Å². The molecule has 1 unspecified atom stereocenters. The Hall–Kier alpha value is -1.21. The number of nitrogens with two attached hydrogens (primary N) is 1. The normalized spacial score (nSPS) is 12.5. The molecule has 0 spiro atoms. The SMILES string of the molecule is Nc1nccnc1NS(=O)O. The van der Waals surface area contributed by atoms with E-state index < -0.39 is 11.3 Å². The molecule has 11 heavy (non-hydrogen) atoms. The molecule has 0 amide bonds. The molecule has 60 valence electrons. The minimum absolute atomic E-state index is 0.0925. The first-order valence-corrected chi connectivity index (χ1v) is 3.75. The number of nitrogens with zero attached hydrogens (tertiary/aromatic N) is 2. The molecule has 0 bridgehead atoms. The van der Waals surface area contributed by atoms with Crippen LogP contribution in [0.2, 0.25) is 0 Å². The van der Waals surface area contributed by atoms with Crippen LogP contribution in [0.3, 0.4) is 0 Å². The van der Waals surface area contributed by atoms with Gasteiger partial charge in [-0.1, -0.05) is 0 Å². The van der Waals surface area contributed by atoms with Crippen molar-refractivity contribution in [3.05, 3.63) is 12.4 Å². The molecule has 6 nitrogen and oxygen atoms in total. The molecular formula is C4H6N4O2S. The molecular weight excluding hydrogens is 168 g/mol. The van der Waals surface area contributed by atoms with Gasteiger partial charge in [0.15, 0.2) is 11.6 Å². The Kier molecular flexibility index (Phi) is 2.34. The molecule has 0 radical (unpaired) electrons. The van der Waals surface area contributed by atoms with E-state index in [-0.39, 0.29) is 11.6 Å². The van der Waals surface area contributed by atoms with Crippen LogP contribution in [-0.4, -0.2) is 18.7 Å². The third kappa shape index (κ3) is 2.13. The molecule has 0 aliphatic rings. The van der Waals surface area contributed by atoms with Crippen LogP contribution in [0.5, 0.6) is 0 Å². The van der Waals surface area contributed by atoms with Crippen molar-refractivity contribution in [3.63, 3.8) is 0 Å². The second kappa shape index (κ2) is 3.26. The maximum atomic E-state index is 10.2. The number of nitrogen functional groups attached to an aromatic ring is 1. The predicted molar refractivity (Wildman–Crippen MR) is 40.8 cm³/mol. The number of anilines is 2. The van der Waals surface area contributed by atoms with Gasteiger partial charge in [0, 0.05) is 12.4 Å². The zero-order valence-electron chi connectivity index (χ0n) is 5.39. The zero-order chi connectivity index (χ0) is 8.27. The van der Waals surface area contributed by atoms with Crippen LogP contribution >= 0.6 is 0 Å². The highest BCUT2D eigenvalue weighted by molar-refractivity contribution is 7.80. The summed E-state index contributed by atoms with van der Waals surface area (Å²) in [6.45, 7) is 0. The number of hydrogen-bond donors (Lipinski definition) is 3. The molecule has 0 fully saturated rings. The lowest BCUT2D eigenvalue weighted by atomic mass is 10.6. The van der Waals surface area contributed by atoms with Crippen molar-refractivity contribution in [2.75, 3.05) is 10.5 Å². The molecule has 0 saturated heterocycles. The van der Waals surface area contributed by atoms with Gasteiger partial charge >= 0.3 is 0 Å². The Morgan fingerprint density at radius 1 is 1.55 bits per heavy atom. The summed E-state index contributed by atoms with van der Waals surface area (Å²) in [6.07, 6.45) is 2.76. The van der Waals surface area contributed by atoms with Crippen LogP contribution in [0.1, 0.15) is 0 Å². The van der Waals surface area contributed by atoms with Crippen LogP contribution < -0.4 is 10.5 Å². The van der Waals surface area contributed by atoms with Crippen molar-refractivity contribution in [2.24, 2.45) is 0 Å². The first kappa shape index (κ1) is 7.89. The van der Waals surface area contributed by atoms with E-state index in [9.17, 15) is 4.21 Å². The van der Waals surface area contributed by atoms with Gasteiger partial charge in [-0.15, -0.1) is 0 Å². The second-order valence-corrected chi connectivity index (χ2v) is 2.34. The molecule has 1 heterocycles. The van der Waals surface area contributed by atoms with Crippen molar-refractivity contribution in [1.29, 1.82) is 0 Å². The number of hydrogen-bond acceptors (Lipinski definition) is 4. The Balaban J connectivity index is 2.86. The highest BCUT2D eigenvalue weighted by atomic mass is 32.2. The van der Waals surface area contributed by atoms with Crippen LogP contribution in [0.15, 0.2) is 12.4 Å². The average Bonchev–Trinajstić information content (AvgIpc) is 1.93. The number of nitrogens with one attached hydrogen (secondary N) is 1. The quantitative estimate of drug-likeness (QED) is 0.530. The molecule has 1 atom stereocenters. The van der Waals surface area contributed by atoms with Crippen molar-refractivity contribution >= 4 is 22.9 Å². The summed E-state index contributed by atoms with van der Waals surface area (Å²) in [5.74, 6) is 0.197. The molecule has 0 aliphatic carbocycles. The fourth-order valence-electron chi connectivity index (χ4n) is 0.510. The third-order valence-corrected chi connectivity index (χ3v) is 1.28. The van der Waals surface area contributed by atoms with E-state index in [0.717, 1.165) is 0 Å². The minimum atomic E-state index is -2.16. The van der Waals surface area contributed by atoms with Gasteiger partial charge < -0.3 is 5.73 Å². The standard InChI is InChI=1S/C4H6N4O2S/c5-3-4(8-11(9)10)7-2-1-6-3/h1-2H,(H2,5,6)(H,7,8)(H,9,10). The maximum absolute atomic E-state index is 10.2. The number of aromatic nitrogens is 2. The largest absolute Gasteiger partial charge is 0.381 e. The molecule has 7 heteroatoms. The lowest BCUT2D eigenvalue weighted by molar-refractivity contribution is 0.570. The molecule has 1 rings (SSSR count). The highest BCUT2D eigenvalue weighted by Gasteiger charge is 2.00. The van der Waals surface area contributed by atoms with Gasteiger partial charge in [-0.3, -0.25) is 9.27 Å². The Bertz CT molecular complexity index is 279. The van der Waals surface area contributed by atoms with Crippen LogP contribution in [0, 0.1) is 0 Å².